The van der Waals surface area contributed by atoms with Crippen LogP contribution in [0.25, 0.3) is 0 Å². The van der Waals surface area contributed by atoms with Crippen LogP contribution in [0.1, 0.15) is 79.1 Å². The number of imide groups is 2. The van der Waals surface area contributed by atoms with Gasteiger partial charge < -0.3 is 19.6 Å². The van der Waals surface area contributed by atoms with E-state index in [2.05, 4.69) is 16.3 Å². The molecule has 14 heteroatoms. The summed E-state index contributed by atoms with van der Waals surface area (Å²) < 4.78 is 0. The molecule has 13 nitrogen and oxygen atoms in total. The number of piperidine rings is 2. The second-order valence-corrected chi connectivity index (χ2v) is 15.2. The summed E-state index contributed by atoms with van der Waals surface area (Å²) >= 11 is 6.30. The van der Waals surface area contributed by atoms with Gasteiger partial charge in [0.2, 0.25) is 11.8 Å². The number of benzene rings is 3. The predicted octanol–water partition coefficient (Wildman–Crippen LogP) is 3.71. The third-order valence-corrected chi connectivity index (χ3v) is 12.0. The molecule has 3 aromatic rings. The molecule has 5 aliphatic heterocycles. The van der Waals surface area contributed by atoms with E-state index in [-0.39, 0.29) is 41.2 Å². The van der Waals surface area contributed by atoms with Crippen molar-refractivity contribution in [1.29, 1.82) is 5.26 Å². The van der Waals surface area contributed by atoms with E-state index >= 15 is 0 Å². The summed E-state index contributed by atoms with van der Waals surface area (Å²) in [6.45, 7) is 4.87. The summed E-state index contributed by atoms with van der Waals surface area (Å²) in [6.07, 6.45) is 2.94. The molecule has 1 N–H and O–H groups in total. The Balaban J connectivity index is 0.859. The summed E-state index contributed by atoms with van der Waals surface area (Å²) in [5.41, 5.74) is 3.68. The van der Waals surface area contributed by atoms with Gasteiger partial charge in [-0.25, -0.2) is 0 Å². The van der Waals surface area contributed by atoms with E-state index in [9.17, 15) is 34.0 Å². The molecule has 5 heterocycles. The molecule has 4 fully saturated rings. The molecule has 4 saturated heterocycles. The molecule has 6 amide bonds. The van der Waals surface area contributed by atoms with Gasteiger partial charge in [-0.15, -0.1) is 0 Å². The summed E-state index contributed by atoms with van der Waals surface area (Å²) in [7, 11) is 0. The molecule has 0 radical (unpaired) electrons. The number of nitriles is 1. The summed E-state index contributed by atoms with van der Waals surface area (Å²) in [4.78, 5) is 86.7. The van der Waals surface area contributed by atoms with Crippen molar-refractivity contribution in [3.8, 4) is 6.07 Å². The van der Waals surface area contributed by atoms with Crippen LogP contribution in [0, 0.1) is 16.7 Å². The maximum Gasteiger partial charge on any atom is 0.262 e. The van der Waals surface area contributed by atoms with Crippen LogP contribution in [-0.4, -0.2) is 109 Å². The van der Waals surface area contributed by atoms with Crippen molar-refractivity contribution < 1.29 is 28.8 Å². The van der Waals surface area contributed by atoms with Crippen LogP contribution in [0.3, 0.4) is 0 Å². The van der Waals surface area contributed by atoms with E-state index in [4.69, 9.17) is 11.6 Å². The second-order valence-electron chi connectivity index (χ2n) is 14.8. The number of rotatable bonds is 5. The highest BCUT2D eigenvalue weighted by atomic mass is 35.5. The van der Waals surface area contributed by atoms with Crippen LogP contribution in [0.5, 0.6) is 0 Å². The fraction of sp³-hybridized carbons (Fsp3) is 0.375. The molecule has 0 aliphatic carbocycles. The average Bonchev–Trinajstić information content (AvgIpc) is 3.71. The average molecular weight is 748 g/mol. The van der Waals surface area contributed by atoms with Gasteiger partial charge in [0.05, 0.1) is 21.7 Å². The van der Waals surface area contributed by atoms with Crippen molar-refractivity contribution in [2.45, 2.75) is 38.1 Å². The van der Waals surface area contributed by atoms with E-state index in [1.807, 2.05) is 21.9 Å². The van der Waals surface area contributed by atoms with Crippen molar-refractivity contribution in [1.82, 2.24) is 20.0 Å². The highest BCUT2D eigenvalue weighted by molar-refractivity contribution is 6.32. The number of piperazine rings is 1. The third-order valence-electron chi connectivity index (χ3n) is 11.7. The number of anilines is 2. The van der Waals surface area contributed by atoms with E-state index in [1.54, 1.807) is 53.4 Å². The van der Waals surface area contributed by atoms with Gasteiger partial charge in [-0.2, -0.15) is 5.26 Å². The monoisotopic (exact) mass is 747 g/mol. The van der Waals surface area contributed by atoms with Gasteiger partial charge >= 0.3 is 0 Å². The lowest BCUT2D eigenvalue weighted by molar-refractivity contribution is -0.136. The highest BCUT2D eigenvalue weighted by Gasteiger charge is 2.45. The normalized spacial score (nSPS) is 21.0. The van der Waals surface area contributed by atoms with Crippen LogP contribution in [0.2, 0.25) is 5.02 Å². The summed E-state index contributed by atoms with van der Waals surface area (Å²) in [6, 6.07) is 18.6. The number of halogens is 1. The first kappa shape index (κ1) is 35.3. The van der Waals surface area contributed by atoms with Crippen LogP contribution >= 0.6 is 11.6 Å². The molecule has 1 unspecified atom stereocenters. The molecule has 0 aromatic heterocycles. The van der Waals surface area contributed by atoms with Crippen molar-refractivity contribution in [2.24, 2.45) is 5.41 Å². The van der Waals surface area contributed by atoms with Gasteiger partial charge in [0.15, 0.2) is 0 Å². The van der Waals surface area contributed by atoms with Gasteiger partial charge in [-0.3, -0.25) is 39.0 Å². The zero-order valence-electron chi connectivity index (χ0n) is 29.6. The van der Waals surface area contributed by atoms with Crippen LogP contribution < -0.4 is 15.1 Å². The topological polar surface area (TPSA) is 154 Å². The molecule has 276 valence electrons. The highest BCUT2D eigenvalue weighted by Crippen LogP contribution is 2.42. The molecule has 5 aliphatic rings. The van der Waals surface area contributed by atoms with E-state index in [0.717, 1.165) is 48.6 Å². The third kappa shape index (κ3) is 6.34. The largest absolute Gasteiger partial charge is 0.371 e. The Morgan fingerprint density at radius 3 is 2.04 bits per heavy atom. The molecule has 3 aromatic carbocycles. The van der Waals surface area contributed by atoms with E-state index in [0.29, 0.717) is 61.0 Å². The summed E-state index contributed by atoms with van der Waals surface area (Å²) in [5, 5.41) is 11.9. The first-order valence-corrected chi connectivity index (χ1v) is 18.7. The van der Waals surface area contributed by atoms with Crippen molar-refractivity contribution in [3.63, 3.8) is 0 Å². The minimum atomic E-state index is -1.03. The second kappa shape index (κ2) is 13.9. The SMILES string of the molecule is N#Cc1ccc(N2CCC3(CCN(C(=O)c4cccc(C(=O)N5CCN(c6ccc7c(c6)C(=O)N(C6CCC(=O)NC6=O)C7=O)CC5)c4)CC3)C2)cc1Cl. The van der Waals surface area contributed by atoms with Gasteiger partial charge in [0, 0.05) is 81.3 Å². The Bertz CT molecular complexity index is 2150. The molecule has 0 saturated carbocycles. The Hall–Kier alpha value is -5.74. The number of nitrogens with zero attached hydrogens (tertiary/aromatic N) is 6. The summed E-state index contributed by atoms with van der Waals surface area (Å²) in [5.74, 6) is -2.44. The van der Waals surface area contributed by atoms with Gasteiger partial charge in [-0.05, 0) is 85.7 Å². The molecule has 0 bridgehead atoms. The van der Waals surface area contributed by atoms with Gasteiger partial charge in [-0.1, -0.05) is 17.7 Å². The van der Waals surface area contributed by atoms with Crippen molar-refractivity contribution >= 4 is 58.4 Å². The zero-order valence-corrected chi connectivity index (χ0v) is 30.3. The van der Waals surface area contributed by atoms with Crippen molar-refractivity contribution in [2.75, 3.05) is 62.2 Å². The number of amides is 6. The number of likely N-dealkylation sites (tertiary alicyclic amines) is 1. The lowest BCUT2D eigenvalue weighted by atomic mass is 9.77. The first-order chi connectivity index (χ1) is 26.0. The van der Waals surface area contributed by atoms with Gasteiger partial charge in [0.25, 0.3) is 23.6 Å². The molecule has 54 heavy (non-hydrogen) atoms. The number of carbonyl (C=O) groups excluding carboxylic acids is 6. The van der Waals surface area contributed by atoms with Crippen LogP contribution in [-0.2, 0) is 9.59 Å². The maximum atomic E-state index is 13.7. The van der Waals surface area contributed by atoms with E-state index in [1.165, 1.54) is 0 Å². The number of fused-ring (bicyclic) bond motifs is 1. The van der Waals surface area contributed by atoms with Gasteiger partial charge in [0.1, 0.15) is 12.1 Å². The van der Waals surface area contributed by atoms with Crippen LogP contribution in [0.15, 0.2) is 60.7 Å². The predicted molar refractivity (Wildman–Crippen MR) is 198 cm³/mol. The fourth-order valence-corrected chi connectivity index (χ4v) is 8.73. The molecule has 8 rings (SSSR count). The van der Waals surface area contributed by atoms with Crippen molar-refractivity contribution in [3.05, 3.63) is 93.5 Å². The number of hydrogen-bond donors (Lipinski definition) is 1. The molecular weight excluding hydrogens is 710 g/mol. The number of carbonyl (C=O) groups is 6. The maximum absolute atomic E-state index is 13.7. The quantitative estimate of drug-likeness (QED) is 0.385. The number of hydrogen-bond acceptors (Lipinski definition) is 9. The van der Waals surface area contributed by atoms with E-state index < -0.39 is 29.7 Å². The standard InChI is InChI=1S/C40H38ClN7O6/c41-32-22-29(5-4-27(32)23-42)47-15-12-40(24-47)10-13-45(14-11-40)36(51)25-2-1-3-26(20-25)37(52)46-18-16-44(17-19-46)28-6-7-30-31(21-28)39(54)48(38(30)53)33-8-9-34(49)43-35(33)50/h1-7,20-22,33H,8-19,24H2,(H,43,49,50). The number of nitrogens with one attached hydrogen (secondary N) is 1. The Morgan fingerprint density at radius 2 is 1.37 bits per heavy atom. The molecule has 1 spiro atoms. The lowest BCUT2D eigenvalue weighted by Gasteiger charge is -2.39. The fourth-order valence-electron chi connectivity index (χ4n) is 8.51. The van der Waals surface area contributed by atoms with Crippen LogP contribution in [0.4, 0.5) is 11.4 Å². The Morgan fingerprint density at radius 1 is 0.741 bits per heavy atom. The molecular formula is C40H38ClN7O6. The Labute approximate surface area is 317 Å². The molecule has 1 atom stereocenters. The smallest absolute Gasteiger partial charge is 0.262 e. The zero-order chi connectivity index (χ0) is 37.7. The lowest BCUT2D eigenvalue weighted by Crippen LogP contribution is -2.54. The minimum absolute atomic E-state index is 0.0529. The first-order valence-electron chi connectivity index (χ1n) is 18.3. The Kier molecular flexibility index (Phi) is 9.09. The minimum Gasteiger partial charge on any atom is -0.371 e.